The third-order valence-electron chi connectivity index (χ3n) is 4.19. The SMILES string of the molecule is Oc1ccc(-c2ccc(C(F)(F)F)cc2)cc1-c1nc2ccccc2[nH]1. The number of nitrogens with zero attached hydrogens (tertiary/aromatic N) is 1. The van der Waals surface area contributed by atoms with E-state index in [9.17, 15) is 18.3 Å². The number of aromatic amines is 1. The van der Waals surface area contributed by atoms with E-state index in [0.717, 1.165) is 23.2 Å². The van der Waals surface area contributed by atoms with Crippen LogP contribution in [0.2, 0.25) is 0 Å². The summed E-state index contributed by atoms with van der Waals surface area (Å²) in [7, 11) is 0. The minimum absolute atomic E-state index is 0.0414. The molecule has 0 aliphatic heterocycles. The molecule has 0 atom stereocenters. The number of H-pyrrole nitrogens is 1. The topological polar surface area (TPSA) is 48.9 Å². The summed E-state index contributed by atoms with van der Waals surface area (Å²) in [6.07, 6.45) is -4.37. The molecule has 130 valence electrons. The van der Waals surface area contributed by atoms with Gasteiger partial charge in [0.25, 0.3) is 0 Å². The van der Waals surface area contributed by atoms with Gasteiger partial charge in [0, 0.05) is 0 Å². The highest BCUT2D eigenvalue weighted by molar-refractivity contribution is 5.82. The van der Waals surface area contributed by atoms with Gasteiger partial charge >= 0.3 is 6.18 Å². The molecule has 3 nitrogen and oxygen atoms in total. The van der Waals surface area contributed by atoms with Crippen LogP contribution in [-0.2, 0) is 6.18 Å². The smallest absolute Gasteiger partial charge is 0.416 e. The minimum Gasteiger partial charge on any atom is -0.507 e. The van der Waals surface area contributed by atoms with Gasteiger partial charge in [0.1, 0.15) is 11.6 Å². The van der Waals surface area contributed by atoms with Crippen LogP contribution in [0.1, 0.15) is 5.56 Å². The van der Waals surface area contributed by atoms with E-state index in [1.54, 1.807) is 12.1 Å². The predicted molar refractivity (Wildman–Crippen MR) is 93.6 cm³/mol. The van der Waals surface area contributed by atoms with Crippen molar-refractivity contribution in [1.29, 1.82) is 0 Å². The Kier molecular flexibility index (Phi) is 3.68. The largest absolute Gasteiger partial charge is 0.507 e. The van der Waals surface area contributed by atoms with Crippen molar-refractivity contribution in [2.75, 3.05) is 0 Å². The first-order chi connectivity index (χ1) is 12.4. The molecular weight excluding hydrogens is 341 g/mol. The van der Waals surface area contributed by atoms with Gasteiger partial charge in [0.2, 0.25) is 0 Å². The van der Waals surface area contributed by atoms with Crippen molar-refractivity contribution in [3.05, 3.63) is 72.3 Å². The second-order valence-electron chi connectivity index (χ2n) is 5.91. The van der Waals surface area contributed by atoms with Gasteiger partial charge in [-0.1, -0.05) is 30.3 Å². The number of benzene rings is 3. The Morgan fingerprint density at radius 3 is 2.23 bits per heavy atom. The highest BCUT2D eigenvalue weighted by Crippen LogP contribution is 2.35. The Morgan fingerprint density at radius 1 is 0.846 bits per heavy atom. The van der Waals surface area contributed by atoms with E-state index in [0.29, 0.717) is 22.5 Å². The minimum atomic E-state index is -4.37. The lowest BCUT2D eigenvalue weighted by Crippen LogP contribution is -2.03. The van der Waals surface area contributed by atoms with Crippen molar-refractivity contribution < 1.29 is 18.3 Å². The summed E-state index contributed by atoms with van der Waals surface area (Å²) in [5.74, 6) is 0.539. The average Bonchev–Trinajstić information content (AvgIpc) is 3.05. The first-order valence-electron chi connectivity index (χ1n) is 7.87. The lowest BCUT2D eigenvalue weighted by Gasteiger charge is -2.09. The highest BCUT2D eigenvalue weighted by atomic mass is 19.4. The second kappa shape index (κ2) is 5.91. The first kappa shape index (κ1) is 16.2. The molecule has 3 aromatic carbocycles. The monoisotopic (exact) mass is 354 g/mol. The van der Waals surface area contributed by atoms with Crippen LogP contribution in [0.25, 0.3) is 33.5 Å². The molecule has 26 heavy (non-hydrogen) atoms. The fraction of sp³-hybridized carbons (Fsp3) is 0.0500. The Morgan fingerprint density at radius 2 is 1.54 bits per heavy atom. The zero-order valence-electron chi connectivity index (χ0n) is 13.4. The van der Waals surface area contributed by atoms with E-state index in [1.807, 2.05) is 24.3 Å². The van der Waals surface area contributed by atoms with Crippen molar-refractivity contribution >= 4 is 11.0 Å². The molecule has 0 aliphatic carbocycles. The van der Waals surface area contributed by atoms with E-state index in [4.69, 9.17) is 0 Å². The molecule has 4 rings (SSSR count). The molecule has 0 spiro atoms. The molecule has 4 aromatic rings. The van der Waals surface area contributed by atoms with Crippen LogP contribution in [0.15, 0.2) is 66.7 Å². The summed E-state index contributed by atoms with van der Waals surface area (Å²) in [5.41, 5.74) is 2.70. The average molecular weight is 354 g/mol. The normalized spacial score (nSPS) is 11.8. The number of imidazole rings is 1. The van der Waals surface area contributed by atoms with E-state index in [-0.39, 0.29) is 5.75 Å². The number of rotatable bonds is 2. The van der Waals surface area contributed by atoms with Crippen molar-refractivity contribution in [1.82, 2.24) is 9.97 Å². The summed E-state index contributed by atoms with van der Waals surface area (Å²) in [6.45, 7) is 0. The molecule has 0 saturated heterocycles. The fourth-order valence-electron chi connectivity index (χ4n) is 2.84. The molecule has 0 radical (unpaired) electrons. The number of nitrogens with one attached hydrogen (secondary N) is 1. The lowest BCUT2D eigenvalue weighted by atomic mass is 10.0. The lowest BCUT2D eigenvalue weighted by molar-refractivity contribution is -0.137. The van der Waals surface area contributed by atoms with Crippen LogP contribution in [0.3, 0.4) is 0 Å². The summed E-state index contributed by atoms with van der Waals surface area (Å²) in [5, 5.41) is 10.2. The number of alkyl halides is 3. The van der Waals surface area contributed by atoms with Crippen molar-refractivity contribution in [3.63, 3.8) is 0 Å². The van der Waals surface area contributed by atoms with Crippen LogP contribution in [0.5, 0.6) is 5.75 Å². The van der Waals surface area contributed by atoms with Gasteiger partial charge in [0.05, 0.1) is 22.2 Å². The molecule has 1 heterocycles. The Balaban J connectivity index is 1.76. The van der Waals surface area contributed by atoms with Crippen molar-refractivity contribution in [2.45, 2.75) is 6.18 Å². The van der Waals surface area contributed by atoms with Gasteiger partial charge in [-0.25, -0.2) is 4.98 Å². The molecule has 1 aromatic heterocycles. The fourth-order valence-corrected chi connectivity index (χ4v) is 2.84. The van der Waals surface area contributed by atoms with Gasteiger partial charge < -0.3 is 10.1 Å². The number of aromatic hydroxyl groups is 1. The number of para-hydroxylation sites is 2. The number of hydrogen-bond acceptors (Lipinski definition) is 2. The van der Waals surface area contributed by atoms with Crippen molar-refractivity contribution in [2.24, 2.45) is 0 Å². The first-order valence-corrected chi connectivity index (χ1v) is 7.87. The molecule has 0 saturated carbocycles. The summed E-state index contributed by atoms with van der Waals surface area (Å²) in [4.78, 5) is 7.60. The molecule has 0 fully saturated rings. The predicted octanol–water partition coefficient (Wildman–Crippen LogP) is 5.62. The number of halogens is 3. The van der Waals surface area contributed by atoms with Crippen LogP contribution >= 0.6 is 0 Å². The van der Waals surface area contributed by atoms with E-state index in [1.165, 1.54) is 18.2 Å². The molecule has 2 N–H and O–H groups in total. The number of fused-ring (bicyclic) bond motifs is 1. The van der Waals surface area contributed by atoms with Gasteiger partial charge in [0.15, 0.2) is 0 Å². The van der Waals surface area contributed by atoms with Crippen molar-refractivity contribution in [3.8, 4) is 28.3 Å². The van der Waals surface area contributed by atoms with Gasteiger partial charge in [-0.3, -0.25) is 0 Å². The zero-order valence-corrected chi connectivity index (χ0v) is 13.4. The third kappa shape index (κ3) is 2.90. The Hall–Kier alpha value is -3.28. The number of phenolic OH excluding ortho intramolecular Hbond substituents is 1. The van der Waals surface area contributed by atoms with Gasteiger partial charge in [-0.05, 0) is 47.5 Å². The van der Waals surface area contributed by atoms with Crippen LogP contribution in [-0.4, -0.2) is 15.1 Å². The number of hydrogen-bond donors (Lipinski definition) is 2. The molecule has 0 bridgehead atoms. The third-order valence-corrected chi connectivity index (χ3v) is 4.19. The van der Waals surface area contributed by atoms with E-state index in [2.05, 4.69) is 9.97 Å². The zero-order chi connectivity index (χ0) is 18.3. The standard InChI is InChI=1S/C20H13F3N2O/c21-20(22,23)14-8-5-12(6-9-14)13-7-10-18(26)15(11-13)19-24-16-3-1-2-4-17(16)25-19/h1-11,26H,(H,24,25). The molecule has 0 amide bonds. The van der Waals surface area contributed by atoms with E-state index >= 15 is 0 Å². The summed E-state index contributed by atoms with van der Waals surface area (Å²) in [6, 6.07) is 17.3. The Bertz CT molecular complexity index is 1050. The Labute approximate surface area is 146 Å². The molecule has 0 unspecified atom stereocenters. The van der Waals surface area contributed by atoms with Crippen LogP contribution in [0.4, 0.5) is 13.2 Å². The maximum Gasteiger partial charge on any atom is 0.416 e. The number of phenols is 1. The summed E-state index contributed by atoms with van der Waals surface area (Å²) < 4.78 is 38.1. The number of aromatic nitrogens is 2. The molecular formula is C20H13F3N2O. The van der Waals surface area contributed by atoms with E-state index < -0.39 is 11.7 Å². The molecule has 0 aliphatic rings. The maximum atomic E-state index is 12.7. The van der Waals surface area contributed by atoms with Crippen LogP contribution < -0.4 is 0 Å². The second-order valence-corrected chi connectivity index (χ2v) is 5.91. The highest BCUT2D eigenvalue weighted by Gasteiger charge is 2.30. The van der Waals surface area contributed by atoms with Crippen LogP contribution in [0, 0.1) is 0 Å². The quantitative estimate of drug-likeness (QED) is 0.491. The van der Waals surface area contributed by atoms with Gasteiger partial charge in [-0.15, -0.1) is 0 Å². The van der Waals surface area contributed by atoms with Gasteiger partial charge in [-0.2, -0.15) is 13.2 Å². The maximum absolute atomic E-state index is 12.7. The summed E-state index contributed by atoms with van der Waals surface area (Å²) >= 11 is 0. The molecule has 6 heteroatoms.